The minimum atomic E-state index is -0.465. The number of nitrogens with one attached hydrogen (secondary N) is 1. The Morgan fingerprint density at radius 1 is 1.15 bits per heavy atom. The molecule has 12 heteroatoms. The third-order valence-electron chi connectivity index (χ3n) is 6.04. The zero-order chi connectivity index (χ0) is 22.9. The zero-order valence-electron chi connectivity index (χ0n) is 18.5. The quantitative estimate of drug-likeness (QED) is 0.423. The molecule has 33 heavy (non-hydrogen) atoms. The van der Waals surface area contributed by atoms with E-state index in [2.05, 4.69) is 32.3 Å². The second-order valence-corrected chi connectivity index (χ2v) is 9.34. The van der Waals surface area contributed by atoms with Crippen LogP contribution in [-0.4, -0.2) is 58.2 Å². The summed E-state index contributed by atoms with van der Waals surface area (Å²) in [6, 6.07) is 9.70. The molecule has 0 spiro atoms. The number of piperidine rings is 1. The predicted molar refractivity (Wildman–Crippen MR) is 126 cm³/mol. The Morgan fingerprint density at radius 3 is 2.67 bits per heavy atom. The van der Waals surface area contributed by atoms with Gasteiger partial charge in [-0.05, 0) is 41.3 Å². The lowest BCUT2D eigenvalue weighted by atomic mass is 10.00. The van der Waals surface area contributed by atoms with Gasteiger partial charge in [-0.2, -0.15) is 9.67 Å². The molecule has 0 saturated carbocycles. The number of aromatic nitrogens is 8. The van der Waals surface area contributed by atoms with Gasteiger partial charge in [-0.15, -0.1) is 5.10 Å². The van der Waals surface area contributed by atoms with Gasteiger partial charge in [0.15, 0.2) is 11.2 Å². The molecule has 4 heterocycles. The van der Waals surface area contributed by atoms with E-state index in [4.69, 9.17) is 4.98 Å². The molecule has 0 aliphatic carbocycles. The summed E-state index contributed by atoms with van der Waals surface area (Å²) in [4.78, 5) is 34.3. The number of rotatable bonds is 6. The van der Waals surface area contributed by atoms with E-state index in [0.717, 1.165) is 37.6 Å². The molecule has 0 bridgehead atoms. The van der Waals surface area contributed by atoms with Crippen LogP contribution in [0, 0.1) is 5.92 Å². The summed E-state index contributed by atoms with van der Waals surface area (Å²) in [5.74, 6) is 2.02. The van der Waals surface area contributed by atoms with E-state index in [9.17, 15) is 9.59 Å². The number of para-hydroxylation sites is 1. The number of tetrazole rings is 1. The van der Waals surface area contributed by atoms with Crippen LogP contribution in [0.4, 0.5) is 5.95 Å². The third kappa shape index (κ3) is 4.06. The fourth-order valence-corrected chi connectivity index (χ4v) is 4.93. The lowest BCUT2D eigenvalue weighted by Gasteiger charge is -2.31. The zero-order valence-corrected chi connectivity index (χ0v) is 19.3. The largest absolute Gasteiger partial charge is 0.342 e. The van der Waals surface area contributed by atoms with Gasteiger partial charge >= 0.3 is 5.69 Å². The minimum absolute atomic E-state index is 0.400. The van der Waals surface area contributed by atoms with Crippen LogP contribution in [0.5, 0.6) is 0 Å². The Balaban J connectivity index is 1.46. The number of H-pyrrole nitrogens is 1. The van der Waals surface area contributed by atoms with Crippen molar-refractivity contribution in [1.82, 2.24) is 39.3 Å². The molecular weight excluding hydrogens is 442 g/mol. The standard InChI is InChI=1S/C21H25N9O2S/c1-14-8-10-28(11-9-14)19-22-17-16(18(31)23-20(32)27(17)2)29(19)12-13-33-21-24-25-26-30(21)15-6-4-3-5-7-15/h3-7,14H,8-13H2,1-2H3,(H,23,31,32). The number of thioether (sulfide) groups is 1. The number of nitrogens with zero attached hydrogens (tertiary/aromatic N) is 8. The van der Waals surface area contributed by atoms with Gasteiger partial charge in [0.05, 0.1) is 5.69 Å². The van der Waals surface area contributed by atoms with E-state index in [0.29, 0.717) is 34.5 Å². The van der Waals surface area contributed by atoms with Gasteiger partial charge in [0, 0.05) is 32.4 Å². The van der Waals surface area contributed by atoms with Crippen molar-refractivity contribution in [1.29, 1.82) is 0 Å². The lowest BCUT2D eigenvalue weighted by molar-refractivity contribution is 0.432. The van der Waals surface area contributed by atoms with Crippen molar-refractivity contribution < 1.29 is 0 Å². The molecule has 1 saturated heterocycles. The summed E-state index contributed by atoms with van der Waals surface area (Å²) in [5.41, 5.74) is 0.807. The topological polar surface area (TPSA) is 120 Å². The molecule has 4 aromatic rings. The first-order valence-corrected chi connectivity index (χ1v) is 11.9. The maximum absolute atomic E-state index is 12.8. The number of fused-ring (bicyclic) bond motifs is 1. The average Bonchev–Trinajstić information content (AvgIpc) is 3.44. The van der Waals surface area contributed by atoms with Crippen LogP contribution in [0.3, 0.4) is 0 Å². The molecule has 1 N–H and O–H groups in total. The number of imidazole rings is 1. The first-order valence-electron chi connectivity index (χ1n) is 10.9. The molecule has 0 radical (unpaired) electrons. The van der Waals surface area contributed by atoms with Crippen LogP contribution < -0.4 is 16.1 Å². The van der Waals surface area contributed by atoms with E-state index >= 15 is 0 Å². The van der Waals surface area contributed by atoms with Crippen molar-refractivity contribution in [2.45, 2.75) is 31.5 Å². The van der Waals surface area contributed by atoms with Gasteiger partial charge in [-0.3, -0.25) is 14.3 Å². The van der Waals surface area contributed by atoms with Gasteiger partial charge in [0.25, 0.3) is 5.56 Å². The van der Waals surface area contributed by atoms with Crippen molar-refractivity contribution in [3.63, 3.8) is 0 Å². The summed E-state index contributed by atoms with van der Waals surface area (Å²) >= 11 is 1.50. The van der Waals surface area contributed by atoms with Crippen molar-refractivity contribution in [3.8, 4) is 5.69 Å². The highest BCUT2D eigenvalue weighted by molar-refractivity contribution is 7.99. The number of benzene rings is 1. The van der Waals surface area contributed by atoms with E-state index in [1.54, 1.807) is 11.7 Å². The summed E-state index contributed by atoms with van der Waals surface area (Å²) < 4.78 is 5.01. The van der Waals surface area contributed by atoms with Crippen LogP contribution >= 0.6 is 11.8 Å². The molecule has 11 nitrogen and oxygen atoms in total. The maximum Gasteiger partial charge on any atom is 0.329 e. The van der Waals surface area contributed by atoms with Crippen molar-refractivity contribution in [2.75, 3.05) is 23.7 Å². The highest BCUT2D eigenvalue weighted by Crippen LogP contribution is 2.26. The van der Waals surface area contributed by atoms with E-state index in [1.807, 2.05) is 34.9 Å². The molecule has 172 valence electrons. The molecule has 0 unspecified atom stereocenters. The number of anilines is 1. The van der Waals surface area contributed by atoms with Gasteiger partial charge in [0.1, 0.15) is 0 Å². The number of hydrogen-bond donors (Lipinski definition) is 1. The van der Waals surface area contributed by atoms with Gasteiger partial charge < -0.3 is 9.47 Å². The molecule has 5 rings (SSSR count). The Hall–Kier alpha value is -3.41. The number of aromatic amines is 1. The van der Waals surface area contributed by atoms with E-state index < -0.39 is 11.2 Å². The van der Waals surface area contributed by atoms with E-state index in [1.165, 1.54) is 16.3 Å². The first kappa shape index (κ1) is 21.4. The Kier molecular flexibility index (Phi) is 5.75. The van der Waals surface area contributed by atoms with E-state index in [-0.39, 0.29) is 0 Å². The molecule has 1 aliphatic heterocycles. The number of aryl methyl sites for hydroxylation is 2. The average molecular weight is 468 g/mol. The summed E-state index contributed by atoms with van der Waals surface area (Å²) in [6.07, 6.45) is 2.14. The third-order valence-corrected chi connectivity index (χ3v) is 6.94. The van der Waals surface area contributed by atoms with Crippen LogP contribution in [0.1, 0.15) is 19.8 Å². The fraction of sp³-hybridized carbons (Fsp3) is 0.429. The van der Waals surface area contributed by atoms with Gasteiger partial charge in [-0.1, -0.05) is 36.9 Å². The van der Waals surface area contributed by atoms with Gasteiger partial charge in [-0.25, -0.2) is 4.79 Å². The lowest BCUT2D eigenvalue weighted by Crippen LogP contribution is -2.35. The normalized spacial score (nSPS) is 14.9. The molecule has 3 aromatic heterocycles. The van der Waals surface area contributed by atoms with Crippen LogP contribution in [0.25, 0.3) is 16.9 Å². The summed E-state index contributed by atoms with van der Waals surface area (Å²) in [7, 11) is 1.63. The second-order valence-electron chi connectivity index (χ2n) is 8.28. The maximum atomic E-state index is 12.8. The predicted octanol–water partition coefficient (Wildman–Crippen LogP) is 1.43. The summed E-state index contributed by atoms with van der Waals surface area (Å²) in [5, 5.41) is 12.7. The first-order chi connectivity index (χ1) is 16.0. The van der Waals surface area contributed by atoms with Crippen molar-refractivity contribution >= 4 is 28.9 Å². The fourth-order valence-electron chi connectivity index (χ4n) is 4.11. The van der Waals surface area contributed by atoms with Crippen molar-refractivity contribution in [2.24, 2.45) is 13.0 Å². The Bertz CT molecular complexity index is 1380. The molecule has 1 fully saturated rings. The smallest absolute Gasteiger partial charge is 0.329 e. The minimum Gasteiger partial charge on any atom is -0.342 e. The highest BCUT2D eigenvalue weighted by Gasteiger charge is 2.24. The number of hydrogen-bond acceptors (Lipinski definition) is 8. The van der Waals surface area contributed by atoms with Crippen molar-refractivity contribution in [3.05, 3.63) is 51.2 Å². The molecule has 0 atom stereocenters. The monoisotopic (exact) mass is 467 g/mol. The summed E-state index contributed by atoms with van der Waals surface area (Å²) in [6.45, 7) is 4.51. The van der Waals surface area contributed by atoms with Gasteiger partial charge in [0.2, 0.25) is 11.1 Å². The molecule has 1 aromatic carbocycles. The van der Waals surface area contributed by atoms with Crippen LogP contribution in [0.15, 0.2) is 45.1 Å². The SMILES string of the molecule is CC1CCN(c2nc3c(c(=O)[nH]c(=O)n3C)n2CCSc2nnnn2-c2ccccc2)CC1. The Morgan fingerprint density at radius 2 is 1.91 bits per heavy atom. The van der Waals surface area contributed by atoms with Crippen LogP contribution in [0.2, 0.25) is 0 Å². The second kappa shape index (κ2) is 8.85. The Labute approximate surface area is 193 Å². The molecule has 0 amide bonds. The highest BCUT2D eigenvalue weighted by atomic mass is 32.2. The molecular formula is C21H25N9O2S. The molecule has 1 aliphatic rings. The van der Waals surface area contributed by atoms with Crippen LogP contribution in [-0.2, 0) is 13.6 Å².